The Bertz CT molecular complexity index is 809. The summed E-state index contributed by atoms with van der Waals surface area (Å²) in [6, 6.07) is 9.71. The molecule has 6 nitrogen and oxygen atoms in total. The van der Waals surface area contributed by atoms with Crippen molar-refractivity contribution in [1.82, 2.24) is 14.8 Å². The number of nitrogens with zero attached hydrogens (tertiary/aromatic N) is 4. The smallest absolute Gasteiger partial charge is 0.222 e. The molecule has 0 aliphatic carbocycles. The molecule has 0 fully saturated rings. The number of benzene rings is 1. The maximum absolute atomic E-state index is 11.3. The number of thiazole rings is 1. The Morgan fingerprint density at radius 1 is 1.45 bits per heavy atom. The molecule has 20 heavy (non-hydrogen) atoms. The molecular formula is C13H9N5OS. The zero-order chi connectivity index (χ0) is 14.1. The molecule has 0 unspecified atom stereocenters. The average molecular weight is 283 g/mol. The highest BCUT2D eigenvalue weighted by atomic mass is 32.1. The van der Waals surface area contributed by atoms with E-state index >= 15 is 0 Å². The second kappa shape index (κ2) is 4.75. The second-order valence-electron chi connectivity index (χ2n) is 4.08. The third-order valence-corrected chi connectivity index (χ3v) is 3.66. The van der Waals surface area contributed by atoms with Crippen LogP contribution in [0.3, 0.4) is 0 Å². The average Bonchev–Trinajstić information content (AvgIpc) is 3.00. The fraction of sp³-hybridized carbons (Fsp3) is 0.0769. The maximum atomic E-state index is 11.3. The second-order valence-corrected chi connectivity index (χ2v) is 5.08. The molecule has 2 heterocycles. The zero-order valence-corrected chi connectivity index (χ0v) is 11.3. The first kappa shape index (κ1) is 12.3. The van der Waals surface area contributed by atoms with E-state index in [0.717, 1.165) is 10.2 Å². The lowest BCUT2D eigenvalue weighted by molar-refractivity contribution is -0.114. The van der Waals surface area contributed by atoms with Gasteiger partial charge in [-0.2, -0.15) is 15.0 Å². The van der Waals surface area contributed by atoms with Gasteiger partial charge in [0, 0.05) is 6.92 Å². The minimum absolute atomic E-state index is 0.260. The van der Waals surface area contributed by atoms with Crippen molar-refractivity contribution in [3.63, 3.8) is 0 Å². The Morgan fingerprint density at radius 2 is 2.25 bits per heavy atom. The van der Waals surface area contributed by atoms with E-state index in [-0.39, 0.29) is 5.91 Å². The monoisotopic (exact) mass is 283 g/mol. The highest BCUT2D eigenvalue weighted by Crippen LogP contribution is 2.27. The standard InChI is InChI=1S/C13H9N5OS/c1-8(19)16-12-9(6-14)7-15-18(12)13-17-10-4-2-3-5-11(10)20-13/h2-5,7H,1H3,(H,16,19). The number of nitriles is 1. The van der Waals surface area contributed by atoms with E-state index < -0.39 is 0 Å². The van der Waals surface area contributed by atoms with Crippen LogP contribution in [0.25, 0.3) is 15.3 Å². The summed E-state index contributed by atoms with van der Waals surface area (Å²) in [5, 5.41) is 16.4. The molecule has 98 valence electrons. The Balaban J connectivity index is 2.16. The third kappa shape index (κ3) is 2.02. The molecule has 3 rings (SSSR count). The number of para-hydroxylation sites is 1. The van der Waals surface area contributed by atoms with Gasteiger partial charge < -0.3 is 5.32 Å². The fourth-order valence-electron chi connectivity index (χ4n) is 1.81. The number of anilines is 1. The lowest BCUT2D eigenvalue weighted by Crippen LogP contribution is -2.11. The topological polar surface area (TPSA) is 83.6 Å². The lowest BCUT2D eigenvalue weighted by atomic mass is 10.3. The predicted molar refractivity (Wildman–Crippen MR) is 75.8 cm³/mol. The van der Waals surface area contributed by atoms with Crippen LogP contribution in [-0.4, -0.2) is 20.7 Å². The van der Waals surface area contributed by atoms with Gasteiger partial charge in [0.25, 0.3) is 0 Å². The van der Waals surface area contributed by atoms with E-state index in [4.69, 9.17) is 5.26 Å². The van der Waals surface area contributed by atoms with E-state index in [1.807, 2.05) is 30.3 Å². The normalized spacial score (nSPS) is 10.4. The molecule has 0 saturated carbocycles. The lowest BCUT2D eigenvalue weighted by Gasteiger charge is -2.04. The number of carbonyl (C=O) groups is 1. The first-order chi connectivity index (χ1) is 9.69. The molecule has 0 aliphatic heterocycles. The van der Waals surface area contributed by atoms with Crippen molar-refractivity contribution in [2.24, 2.45) is 0 Å². The van der Waals surface area contributed by atoms with Crippen LogP contribution in [0, 0.1) is 11.3 Å². The van der Waals surface area contributed by atoms with Gasteiger partial charge in [0.05, 0.1) is 16.4 Å². The molecule has 0 bridgehead atoms. The summed E-state index contributed by atoms with van der Waals surface area (Å²) >= 11 is 1.44. The molecule has 1 N–H and O–H groups in total. The molecule has 1 aromatic carbocycles. The van der Waals surface area contributed by atoms with Gasteiger partial charge in [0.2, 0.25) is 11.0 Å². The van der Waals surface area contributed by atoms with Crippen molar-refractivity contribution in [1.29, 1.82) is 5.26 Å². The summed E-state index contributed by atoms with van der Waals surface area (Å²) in [5.41, 5.74) is 1.16. The van der Waals surface area contributed by atoms with Crippen LogP contribution in [0.5, 0.6) is 0 Å². The summed E-state index contributed by atoms with van der Waals surface area (Å²) in [7, 11) is 0. The minimum atomic E-state index is -0.260. The number of aromatic nitrogens is 3. The number of carbonyl (C=O) groups excluding carboxylic acids is 1. The van der Waals surface area contributed by atoms with E-state index in [0.29, 0.717) is 16.5 Å². The summed E-state index contributed by atoms with van der Waals surface area (Å²) in [4.78, 5) is 15.7. The molecule has 0 radical (unpaired) electrons. The molecule has 3 aromatic rings. The zero-order valence-electron chi connectivity index (χ0n) is 10.5. The van der Waals surface area contributed by atoms with Crippen LogP contribution >= 0.6 is 11.3 Å². The summed E-state index contributed by atoms with van der Waals surface area (Å²) in [6.07, 6.45) is 1.41. The van der Waals surface area contributed by atoms with Crippen molar-refractivity contribution >= 4 is 33.3 Å². The molecule has 2 aromatic heterocycles. The van der Waals surface area contributed by atoms with Crippen molar-refractivity contribution in [2.45, 2.75) is 6.92 Å². The SMILES string of the molecule is CC(=O)Nc1c(C#N)cnn1-c1nc2ccccc2s1. The fourth-order valence-corrected chi connectivity index (χ4v) is 2.74. The van der Waals surface area contributed by atoms with Gasteiger partial charge in [0.1, 0.15) is 11.6 Å². The Hall–Kier alpha value is -2.72. The molecule has 0 aliphatic rings. The van der Waals surface area contributed by atoms with Crippen LogP contribution < -0.4 is 5.32 Å². The van der Waals surface area contributed by atoms with Crippen LogP contribution in [0.4, 0.5) is 5.82 Å². The molecule has 1 amide bonds. The van der Waals surface area contributed by atoms with Gasteiger partial charge in [0.15, 0.2) is 5.82 Å². The van der Waals surface area contributed by atoms with Crippen molar-refractivity contribution < 1.29 is 4.79 Å². The van der Waals surface area contributed by atoms with Gasteiger partial charge in [-0.15, -0.1) is 0 Å². The molecule has 0 atom stereocenters. The highest BCUT2D eigenvalue weighted by molar-refractivity contribution is 7.20. The first-order valence-electron chi connectivity index (χ1n) is 5.80. The maximum Gasteiger partial charge on any atom is 0.222 e. The van der Waals surface area contributed by atoms with Crippen molar-refractivity contribution in [2.75, 3.05) is 5.32 Å². The van der Waals surface area contributed by atoms with Gasteiger partial charge in [-0.25, -0.2) is 4.98 Å². The molecule has 0 spiro atoms. The Morgan fingerprint density at radius 3 is 2.95 bits per heavy atom. The summed E-state index contributed by atoms with van der Waals surface area (Å²) in [5.74, 6) is 0.0865. The van der Waals surface area contributed by atoms with Crippen LogP contribution in [-0.2, 0) is 4.79 Å². The number of hydrogen-bond donors (Lipinski definition) is 1. The van der Waals surface area contributed by atoms with Crippen LogP contribution in [0.1, 0.15) is 12.5 Å². The first-order valence-corrected chi connectivity index (χ1v) is 6.62. The Labute approximate surface area is 118 Å². The number of nitrogens with one attached hydrogen (secondary N) is 1. The van der Waals surface area contributed by atoms with Crippen molar-refractivity contribution in [3.8, 4) is 11.2 Å². The van der Waals surface area contributed by atoms with E-state index in [9.17, 15) is 4.79 Å². The number of fused-ring (bicyclic) bond motifs is 1. The number of amides is 1. The predicted octanol–water partition coefficient (Wildman–Crippen LogP) is 2.31. The van der Waals surface area contributed by atoms with Gasteiger partial charge in [-0.05, 0) is 12.1 Å². The minimum Gasteiger partial charge on any atom is -0.310 e. The summed E-state index contributed by atoms with van der Waals surface area (Å²) in [6.45, 7) is 1.39. The molecule has 7 heteroatoms. The number of hydrogen-bond acceptors (Lipinski definition) is 5. The molecular weight excluding hydrogens is 274 g/mol. The Kier molecular flexibility index (Phi) is 2.93. The van der Waals surface area contributed by atoms with Crippen LogP contribution in [0.15, 0.2) is 30.5 Å². The highest BCUT2D eigenvalue weighted by Gasteiger charge is 2.16. The summed E-state index contributed by atoms with van der Waals surface area (Å²) < 4.78 is 2.50. The quantitative estimate of drug-likeness (QED) is 0.782. The van der Waals surface area contributed by atoms with Gasteiger partial charge >= 0.3 is 0 Å². The number of rotatable bonds is 2. The largest absolute Gasteiger partial charge is 0.310 e. The van der Waals surface area contributed by atoms with E-state index in [1.54, 1.807) is 0 Å². The van der Waals surface area contributed by atoms with Crippen molar-refractivity contribution in [3.05, 3.63) is 36.0 Å². The van der Waals surface area contributed by atoms with E-state index in [2.05, 4.69) is 15.4 Å². The van der Waals surface area contributed by atoms with E-state index in [1.165, 1.54) is 29.1 Å². The van der Waals surface area contributed by atoms with Gasteiger partial charge in [-0.1, -0.05) is 23.5 Å². The van der Waals surface area contributed by atoms with Gasteiger partial charge in [-0.3, -0.25) is 4.79 Å². The third-order valence-electron chi connectivity index (χ3n) is 2.65. The molecule has 0 saturated heterocycles. The van der Waals surface area contributed by atoms with Crippen LogP contribution in [0.2, 0.25) is 0 Å².